The van der Waals surface area contributed by atoms with Crippen molar-refractivity contribution in [2.75, 3.05) is 13.2 Å². The molecule has 0 saturated carbocycles. The topological polar surface area (TPSA) is 58.6 Å². The Morgan fingerprint density at radius 2 is 2.05 bits per heavy atom. The van der Waals surface area contributed by atoms with E-state index in [0.29, 0.717) is 5.56 Å². The van der Waals surface area contributed by atoms with Gasteiger partial charge in [-0.05, 0) is 32.4 Å². The Bertz CT molecular complexity index is 429. The van der Waals surface area contributed by atoms with Gasteiger partial charge in [-0.3, -0.25) is 0 Å². The average Bonchev–Trinajstić information content (AvgIpc) is 2.29. The standard InChI is InChI=1S/C14H20FNO3/c1-14(2,3)19-13(18)16-8-10(9-17)11-6-4-5-7-12(11)15/h4-7,10,17H,8-9H2,1-3H3,(H,16,18). The second-order valence-corrected chi connectivity index (χ2v) is 5.28. The van der Waals surface area contributed by atoms with Crippen molar-refractivity contribution in [3.05, 3.63) is 35.6 Å². The second-order valence-electron chi connectivity index (χ2n) is 5.28. The molecule has 106 valence electrons. The highest BCUT2D eigenvalue weighted by molar-refractivity contribution is 5.67. The summed E-state index contributed by atoms with van der Waals surface area (Å²) >= 11 is 0. The summed E-state index contributed by atoms with van der Waals surface area (Å²) in [5.74, 6) is -0.888. The number of nitrogens with one attached hydrogen (secondary N) is 1. The first-order chi connectivity index (χ1) is 8.83. The molecular formula is C14H20FNO3. The number of benzene rings is 1. The summed E-state index contributed by atoms with van der Waals surface area (Å²) in [5, 5.41) is 11.8. The van der Waals surface area contributed by atoms with E-state index in [0.717, 1.165) is 0 Å². The van der Waals surface area contributed by atoms with E-state index in [4.69, 9.17) is 4.74 Å². The molecule has 1 amide bonds. The zero-order chi connectivity index (χ0) is 14.5. The van der Waals surface area contributed by atoms with E-state index >= 15 is 0 Å². The molecule has 1 atom stereocenters. The molecule has 2 N–H and O–H groups in total. The first-order valence-electron chi connectivity index (χ1n) is 6.15. The Morgan fingerprint density at radius 1 is 1.42 bits per heavy atom. The van der Waals surface area contributed by atoms with Crippen molar-refractivity contribution >= 4 is 6.09 Å². The van der Waals surface area contributed by atoms with Crippen LogP contribution < -0.4 is 5.32 Å². The van der Waals surface area contributed by atoms with Crippen molar-refractivity contribution in [2.24, 2.45) is 0 Å². The molecule has 0 radical (unpaired) electrons. The van der Waals surface area contributed by atoms with E-state index in [9.17, 15) is 14.3 Å². The molecule has 0 bridgehead atoms. The number of alkyl carbamates (subject to hydrolysis) is 1. The van der Waals surface area contributed by atoms with Gasteiger partial charge in [0.1, 0.15) is 11.4 Å². The molecule has 4 nitrogen and oxygen atoms in total. The zero-order valence-corrected chi connectivity index (χ0v) is 11.4. The molecule has 5 heteroatoms. The molecule has 0 heterocycles. The molecule has 1 rings (SSSR count). The normalized spacial score (nSPS) is 12.9. The molecule has 1 aromatic rings. The van der Waals surface area contributed by atoms with Crippen LogP contribution in [0.15, 0.2) is 24.3 Å². The second kappa shape index (κ2) is 6.52. The van der Waals surface area contributed by atoms with Crippen LogP contribution >= 0.6 is 0 Å². The highest BCUT2D eigenvalue weighted by Crippen LogP contribution is 2.18. The predicted octanol–water partition coefficient (Wildman–Crippen LogP) is 2.43. The first kappa shape index (κ1) is 15.4. The molecule has 1 aromatic carbocycles. The van der Waals surface area contributed by atoms with Crippen LogP contribution in [-0.4, -0.2) is 30.0 Å². The Hall–Kier alpha value is -1.62. The fourth-order valence-electron chi connectivity index (χ4n) is 1.60. The summed E-state index contributed by atoms with van der Waals surface area (Å²) in [7, 11) is 0. The van der Waals surface area contributed by atoms with Gasteiger partial charge in [-0.2, -0.15) is 0 Å². The Kier molecular flexibility index (Phi) is 5.30. The molecule has 0 spiro atoms. The van der Waals surface area contributed by atoms with E-state index in [1.807, 2.05) is 0 Å². The van der Waals surface area contributed by atoms with E-state index in [2.05, 4.69) is 5.32 Å². The van der Waals surface area contributed by atoms with E-state index in [-0.39, 0.29) is 13.2 Å². The monoisotopic (exact) mass is 269 g/mol. The lowest BCUT2D eigenvalue weighted by Gasteiger charge is -2.21. The van der Waals surface area contributed by atoms with Crippen molar-refractivity contribution in [1.82, 2.24) is 5.32 Å². The highest BCUT2D eigenvalue weighted by Gasteiger charge is 2.19. The lowest BCUT2D eigenvalue weighted by Crippen LogP contribution is -2.35. The van der Waals surface area contributed by atoms with Crippen molar-refractivity contribution in [3.8, 4) is 0 Å². The Labute approximate surface area is 112 Å². The Morgan fingerprint density at radius 3 is 2.58 bits per heavy atom. The van der Waals surface area contributed by atoms with Crippen LogP contribution in [-0.2, 0) is 4.74 Å². The fraction of sp³-hybridized carbons (Fsp3) is 0.500. The quantitative estimate of drug-likeness (QED) is 0.882. The van der Waals surface area contributed by atoms with Crippen molar-refractivity contribution in [3.63, 3.8) is 0 Å². The summed E-state index contributed by atoms with van der Waals surface area (Å²) in [6, 6.07) is 6.18. The largest absolute Gasteiger partial charge is 0.444 e. The maximum atomic E-state index is 13.6. The van der Waals surface area contributed by atoms with Gasteiger partial charge in [-0.1, -0.05) is 18.2 Å². The van der Waals surface area contributed by atoms with E-state index < -0.39 is 23.4 Å². The number of ether oxygens (including phenoxy) is 1. The van der Waals surface area contributed by atoms with Gasteiger partial charge in [0.2, 0.25) is 0 Å². The van der Waals surface area contributed by atoms with Crippen LogP contribution in [0, 0.1) is 5.82 Å². The van der Waals surface area contributed by atoms with Crippen molar-refractivity contribution < 1.29 is 19.0 Å². The lowest BCUT2D eigenvalue weighted by atomic mass is 9.99. The molecule has 0 aliphatic heterocycles. The van der Waals surface area contributed by atoms with Gasteiger partial charge in [0, 0.05) is 12.5 Å². The van der Waals surface area contributed by atoms with Gasteiger partial charge in [0.25, 0.3) is 0 Å². The molecule has 0 aliphatic carbocycles. The van der Waals surface area contributed by atoms with Crippen LogP contribution in [0.5, 0.6) is 0 Å². The molecule has 0 aromatic heterocycles. The number of hydrogen-bond acceptors (Lipinski definition) is 3. The molecule has 19 heavy (non-hydrogen) atoms. The third-order valence-corrected chi connectivity index (χ3v) is 2.46. The minimum atomic E-state index is -0.587. The van der Waals surface area contributed by atoms with E-state index in [1.165, 1.54) is 6.07 Å². The molecular weight excluding hydrogens is 249 g/mol. The van der Waals surface area contributed by atoms with Gasteiger partial charge in [-0.25, -0.2) is 9.18 Å². The maximum Gasteiger partial charge on any atom is 0.407 e. The summed E-state index contributed by atoms with van der Waals surface area (Å²) in [6.07, 6.45) is -0.581. The molecule has 0 aliphatic rings. The van der Waals surface area contributed by atoms with Gasteiger partial charge in [0.15, 0.2) is 0 Å². The molecule has 0 saturated heterocycles. The number of aliphatic hydroxyl groups excluding tert-OH is 1. The smallest absolute Gasteiger partial charge is 0.407 e. The molecule has 0 fully saturated rings. The molecule has 1 unspecified atom stereocenters. The third kappa shape index (κ3) is 5.26. The summed E-state index contributed by atoms with van der Waals surface area (Å²) in [4.78, 5) is 11.5. The van der Waals surface area contributed by atoms with Gasteiger partial charge in [-0.15, -0.1) is 0 Å². The SMILES string of the molecule is CC(C)(C)OC(=O)NCC(CO)c1ccccc1F. The zero-order valence-electron chi connectivity index (χ0n) is 11.4. The van der Waals surface area contributed by atoms with Crippen LogP contribution in [0.1, 0.15) is 32.3 Å². The van der Waals surface area contributed by atoms with Crippen LogP contribution in [0.3, 0.4) is 0 Å². The lowest BCUT2D eigenvalue weighted by molar-refractivity contribution is 0.0520. The van der Waals surface area contributed by atoms with Crippen molar-refractivity contribution in [1.29, 1.82) is 0 Å². The first-order valence-corrected chi connectivity index (χ1v) is 6.15. The third-order valence-electron chi connectivity index (χ3n) is 2.46. The number of aliphatic hydroxyl groups is 1. The van der Waals surface area contributed by atoms with Crippen molar-refractivity contribution in [2.45, 2.75) is 32.3 Å². The van der Waals surface area contributed by atoms with Gasteiger partial charge >= 0.3 is 6.09 Å². The number of amides is 1. The summed E-state index contributed by atoms with van der Waals surface area (Å²) in [5.41, 5.74) is -0.211. The van der Waals surface area contributed by atoms with Crippen LogP contribution in [0.2, 0.25) is 0 Å². The highest BCUT2D eigenvalue weighted by atomic mass is 19.1. The minimum absolute atomic E-state index is 0.117. The summed E-state index contributed by atoms with van der Waals surface area (Å²) in [6.45, 7) is 5.13. The average molecular weight is 269 g/mol. The van der Waals surface area contributed by atoms with Gasteiger partial charge in [0.05, 0.1) is 6.61 Å². The number of halogens is 1. The van der Waals surface area contributed by atoms with Crippen LogP contribution in [0.4, 0.5) is 9.18 Å². The van der Waals surface area contributed by atoms with Crippen LogP contribution in [0.25, 0.3) is 0 Å². The van der Waals surface area contributed by atoms with Gasteiger partial charge < -0.3 is 15.2 Å². The number of hydrogen-bond donors (Lipinski definition) is 2. The predicted molar refractivity (Wildman–Crippen MR) is 70.5 cm³/mol. The van der Waals surface area contributed by atoms with E-state index in [1.54, 1.807) is 39.0 Å². The fourth-order valence-corrected chi connectivity index (χ4v) is 1.60. The maximum absolute atomic E-state index is 13.6. The number of carbonyl (C=O) groups is 1. The Balaban J connectivity index is 2.59. The minimum Gasteiger partial charge on any atom is -0.444 e. The summed E-state index contributed by atoms with van der Waals surface area (Å²) < 4.78 is 18.6. The number of carbonyl (C=O) groups excluding carboxylic acids is 1. The number of rotatable bonds is 4.